The summed E-state index contributed by atoms with van der Waals surface area (Å²) in [6.45, 7) is 0. The molecule has 0 bridgehead atoms. The van der Waals surface area contributed by atoms with Crippen LogP contribution in [-0.4, -0.2) is 11.7 Å². The van der Waals surface area contributed by atoms with E-state index in [9.17, 15) is 14.9 Å². The molecule has 0 aliphatic rings. The molecule has 0 radical (unpaired) electrons. The Kier molecular flexibility index (Phi) is 6.46. The number of nitrogens with zero attached hydrogens (tertiary/aromatic N) is 1. The van der Waals surface area contributed by atoms with Crippen molar-refractivity contribution in [3.8, 4) is 6.07 Å². The van der Waals surface area contributed by atoms with Crippen LogP contribution in [0, 0.1) is 11.3 Å². The number of benzene rings is 3. The van der Waals surface area contributed by atoms with Crippen molar-refractivity contribution in [2.75, 3.05) is 5.32 Å². The molecule has 0 saturated carbocycles. The number of nitriles is 1. The number of carbonyl (C=O) groups excluding carboxylic acids is 2. The van der Waals surface area contributed by atoms with Crippen molar-refractivity contribution in [1.82, 2.24) is 0 Å². The fourth-order valence-electron chi connectivity index (χ4n) is 2.62. The molecule has 1 N–H and O–H groups in total. The van der Waals surface area contributed by atoms with Gasteiger partial charge in [-0.3, -0.25) is 9.59 Å². The largest absolute Gasteiger partial charge is 0.321 e. The summed E-state index contributed by atoms with van der Waals surface area (Å²) in [5.41, 5.74) is 1.51. The van der Waals surface area contributed by atoms with E-state index in [1.165, 1.54) is 18.2 Å². The van der Waals surface area contributed by atoms with Gasteiger partial charge in [0, 0.05) is 21.2 Å². The lowest BCUT2D eigenvalue weighted by molar-refractivity contribution is -0.112. The van der Waals surface area contributed by atoms with Crippen molar-refractivity contribution in [1.29, 1.82) is 5.26 Å². The number of amides is 1. The zero-order valence-electron chi connectivity index (χ0n) is 15.0. The SMILES string of the molecule is N#C/C(=C\c1ccc(Cl)cc1)C(=O)Nc1ccc(Cl)cc1C(=O)c1ccccc1. The van der Waals surface area contributed by atoms with Crippen LogP contribution in [0.15, 0.2) is 78.4 Å². The van der Waals surface area contributed by atoms with Crippen LogP contribution in [0.4, 0.5) is 5.69 Å². The number of halogens is 2. The van der Waals surface area contributed by atoms with Gasteiger partial charge in [0.25, 0.3) is 5.91 Å². The molecular weight excluding hydrogens is 407 g/mol. The van der Waals surface area contributed by atoms with Gasteiger partial charge >= 0.3 is 0 Å². The summed E-state index contributed by atoms with van der Waals surface area (Å²) >= 11 is 11.9. The molecule has 0 heterocycles. The minimum absolute atomic E-state index is 0.111. The molecule has 6 heteroatoms. The molecule has 1 amide bonds. The van der Waals surface area contributed by atoms with Gasteiger partial charge in [-0.05, 0) is 42.0 Å². The predicted molar refractivity (Wildman–Crippen MR) is 115 cm³/mol. The molecule has 3 aromatic carbocycles. The van der Waals surface area contributed by atoms with Gasteiger partial charge in [0.1, 0.15) is 11.6 Å². The average Bonchev–Trinajstić information content (AvgIpc) is 2.74. The molecule has 0 spiro atoms. The first-order chi connectivity index (χ1) is 14.0. The van der Waals surface area contributed by atoms with Crippen molar-refractivity contribution < 1.29 is 9.59 Å². The maximum atomic E-state index is 12.9. The third-order valence-electron chi connectivity index (χ3n) is 4.06. The zero-order chi connectivity index (χ0) is 20.8. The van der Waals surface area contributed by atoms with Gasteiger partial charge in [-0.1, -0.05) is 65.7 Å². The van der Waals surface area contributed by atoms with Crippen molar-refractivity contribution >= 4 is 46.7 Å². The standard InChI is InChI=1S/C23H14Cl2N2O2/c24-18-8-6-15(7-9-18)12-17(14-26)23(29)27-21-11-10-19(25)13-20(21)22(28)16-4-2-1-3-5-16/h1-13H,(H,27,29)/b17-12+. The van der Waals surface area contributed by atoms with Crippen LogP contribution in [0.1, 0.15) is 21.5 Å². The van der Waals surface area contributed by atoms with Crippen molar-refractivity contribution in [2.45, 2.75) is 0 Å². The summed E-state index contributed by atoms with van der Waals surface area (Å²) in [4.78, 5) is 25.5. The monoisotopic (exact) mass is 420 g/mol. The maximum Gasteiger partial charge on any atom is 0.266 e. The van der Waals surface area contributed by atoms with Crippen LogP contribution < -0.4 is 5.32 Å². The molecule has 29 heavy (non-hydrogen) atoms. The van der Waals surface area contributed by atoms with Gasteiger partial charge in [0.15, 0.2) is 5.78 Å². The fourth-order valence-corrected chi connectivity index (χ4v) is 2.92. The van der Waals surface area contributed by atoms with Crippen LogP contribution in [0.2, 0.25) is 10.0 Å². The molecular formula is C23H14Cl2N2O2. The van der Waals surface area contributed by atoms with Crippen molar-refractivity contribution in [2.24, 2.45) is 0 Å². The zero-order valence-corrected chi connectivity index (χ0v) is 16.5. The lowest BCUT2D eigenvalue weighted by Gasteiger charge is -2.11. The number of hydrogen-bond acceptors (Lipinski definition) is 3. The lowest BCUT2D eigenvalue weighted by Crippen LogP contribution is -2.16. The van der Waals surface area contributed by atoms with Crippen LogP contribution in [0.3, 0.4) is 0 Å². The van der Waals surface area contributed by atoms with Crippen molar-refractivity contribution in [3.05, 3.63) is 105 Å². The fraction of sp³-hybridized carbons (Fsp3) is 0. The number of carbonyl (C=O) groups is 2. The van der Waals surface area contributed by atoms with Crippen LogP contribution in [0.25, 0.3) is 6.08 Å². The van der Waals surface area contributed by atoms with Crippen LogP contribution >= 0.6 is 23.2 Å². The Hall–Kier alpha value is -3.39. The molecule has 0 aliphatic heterocycles. The third-order valence-corrected chi connectivity index (χ3v) is 4.54. The van der Waals surface area contributed by atoms with E-state index in [2.05, 4.69) is 5.32 Å². The van der Waals surface area contributed by atoms with Gasteiger partial charge in [0.2, 0.25) is 0 Å². The van der Waals surface area contributed by atoms with E-state index in [0.29, 0.717) is 21.2 Å². The Bertz CT molecular complexity index is 1130. The first kappa shape index (κ1) is 20.3. The lowest BCUT2D eigenvalue weighted by atomic mass is 10.0. The van der Waals surface area contributed by atoms with Gasteiger partial charge in [0.05, 0.1) is 5.69 Å². The van der Waals surface area contributed by atoms with Crippen molar-refractivity contribution in [3.63, 3.8) is 0 Å². The Morgan fingerprint density at radius 1 is 0.897 bits per heavy atom. The molecule has 0 unspecified atom stereocenters. The van der Waals surface area contributed by atoms with E-state index in [4.69, 9.17) is 23.2 Å². The number of anilines is 1. The summed E-state index contributed by atoms with van der Waals surface area (Å²) in [6.07, 6.45) is 1.44. The molecule has 0 saturated heterocycles. The average molecular weight is 421 g/mol. The summed E-state index contributed by atoms with van der Waals surface area (Å²) in [6, 6.07) is 21.8. The quantitative estimate of drug-likeness (QED) is 0.323. The van der Waals surface area contributed by atoms with E-state index < -0.39 is 5.91 Å². The third kappa shape index (κ3) is 5.11. The summed E-state index contributed by atoms with van der Waals surface area (Å²) < 4.78 is 0. The second kappa shape index (κ2) is 9.20. The Labute approximate surface area is 178 Å². The highest BCUT2D eigenvalue weighted by Crippen LogP contribution is 2.24. The van der Waals surface area contributed by atoms with E-state index >= 15 is 0 Å². The second-order valence-corrected chi connectivity index (χ2v) is 6.93. The van der Waals surface area contributed by atoms with Crippen LogP contribution in [-0.2, 0) is 4.79 Å². The summed E-state index contributed by atoms with van der Waals surface area (Å²) in [5.74, 6) is -0.921. The molecule has 0 atom stereocenters. The first-order valence-corrected chi connectivity index (χ1v) is 9.31. The first-order valence-electron chi connectivity index (χ1n) is 8.56. The highest BCUT2D eigenvalue weighted by atomic mass is 35.5. The summed E-state index contributed by atoms with van der Waals surface area (Å²) in [7, 11) is 0. The summed E-state index contributed by atoms with van der Waals surface area (Å²) in [5, 5.41) is 12.9. The van der Waals surface area contributed by atoms with Gasteiger partial charge < -0.3 is 5.32 Å². The number of nitrogens with one attached hydrogen (secondary N) is 1. The van der Waals surface area contributed by atoms with Gasteiger partial charge in [-0.25, -0.2) is 0 Å². The number of ketones is 1. The number of rotatable bonds is 5. The molecule has 3 aromatic rings. The molecule has 0 aromatic heterocycles. The number of hydrogen-bond donors (Lipinski definition) is 1. The molecule has 0 fully saturated rings. The second-order valence-electron chi connectivity index (χ2n) is 6.06. The molecule has 0 aliphatic carbocycles. The van der Waals surface area contributed by atoms with E-state index in [1.807, 2.05) is 6.07 Å². The Balaban J connectivity index is 1.91. The normalized spacial score (nSPS) is 10.9. The molecule has 3 rings (SSSR count). The highest BCUT2D eigenvalue weighted by molar-refractivity contribution is 6.31. The topological polar surface area (TPSA) is 70.0 Å². The van der Waals surface area contributed by atoms with E-state index in [-0.39, 0.29) is 22.6 Å². The Morgan fingerprint density at radius 3 is 2.21 bits per heavy atom. The van der Waals surface area contributed by atoms with E-state index in [0.717, 1.165) is 0 Å². The minimum Gasteiger partial charge on any atom is -0.321 e. The van der Waals surface area contributed by atoms with Crippen LogP contribution in [0.5, 0.6) is 0 Å². The smallest absolute Gasteiger partial charge is 0.266 e. The minimum atomic E-state index is -0.633. The molecule has 142 valence electrons. The van der Waals surface area contributed by atoms with Gasteiger partial charge in [-0.2, -0.15) is 5.26 Å². The predicted octanol–water partition coefficient (Wildman–Crippen LogP) is 5.77. The Morgan fingerprint density at radius 2 is 1.55 bits per heavy atom. The molecule has 4 nitrogen and oxygen atoms in total. The highest BCUT2D eigenvalue weighted by Gasteiger charge is 2.17. The maximum absolute atomic E-state index is 12.9. The van der Waals surface area contributed by atoms with E-state index in [1.54, 1.807) is 60.7 Å². The van der Waals surface area contributed by atoms with Gasteiger partial charge in [-0.15, -0.1) is 0 Å².